The van der Waals surface area contributed by atoms with Crippen molar-refractivity contribution in [3.8, 4) is 11.5 Å². The number of fused-ring (bicyclic) bond motifs is 3. The van der Waals surface area contributed by atoms with Gasteiger partial charge in [0.2, 0.25) is 0 Å². The predicted molar refractivity (Wildman–Crippen MR) is 188 cm³/mol. The smallest absolute Gasteiger partial charge is 0.338 e. The van der Waals surface area contributed by atoms with E-state index in [1.54, 1.807) is 68.0 Å². The molecule has 3 N–H and O–H groups in total. The Hall–Kier alpha value is -4.26. The molecule has 0 amide bonds. The van der Waals surface area contributed by atoms with Crippen LogP contribution < -0.4 is 19.8 Å². The third-order valence-electron chi connectivity index (χ3n) is 9.39. The first-order valence-corrected chi connectivity index (χ1v) is 17.3. The summed E-state index contributed by atoms with van der Waals surface area (Å²) >= 11 is 13.0. The minimum Gasteiger partial charge on any atom is -0.870 e. The van der Waals surface area contributed by atoms with E-state index in [1.807, 2.05) is 6.07 Å². The molecule has 0 aliphatic carbocycles. The number of carbonyl (C=O) groups is 2. The normalized spacial score (nSPS) is 19.0. The summed E-state index contributed by atoms with van der Waals surface area (Å²) in [5.41, 5.74) is 2.88. The maximum atomic E-state index is 13.8. The molecule has 1 aromatic heterocycles. The quantitative estimate of drug-likeness (QED) is 0.155. The number of ether oxygens (including phenoxy) is 4. The monoisotopic (exact) mass is 739 g/mol. The molecule has 3 aromatic carbocycles. The SMILES string of the molecule is COc1ccc(C(Cc2c(Cl)c[nH+]cc2Cl)OC(=O)c2cccc(CNC(C(=O)O[C@H]3CN4CCC3CC4)c3ccc(F)cc3)c2)cc1OC.[OH-]. The van der Waals surface area contributed by atoms with Crippen molar-refractivity contribution in [1.82, 2.24) is 10.2 Å². The summed E-state index contributed by atoms with van der Waals surface area (Å²) in [6.07, 6.45) is 4.46. The summed E-state index contributed by atoms with van der Waals surface area (Å²) in [5.74, 6) is -0.0433. The minimum atomic E-state index is -0.839. The Morgan fingerprint density at radius 1 is 0.941 bits per heavy atom. The van der Waals surface area contributed by atoms with E-state index < -0.39 is 29.9 Å². The molecule has 13 heteroatoms. The summed E-state index contributed by atoms with van der Waals surface area (Å²) in [6, 6.07) is 17.2. The van der Waals surface area contributed by atoms with Gasteiger partial charge in [0, 0.05) is 25.1 Å². The minimum absolute atomic E-state index is 0. The molecule has 270 valence electrons. The fraction of sp³-hybridized carbons (Fsp3) is 0.342. The molecule has 3 saturated heterocycles. The van der Waals surface area contributed by atoms with Crippen LogP contribution >= 0.6 is 23.2 Å². The molecule has 10 nitrogen and oxygen atoms in total. The molecule has 4 heterocycles. The number of H-pyrrole nitrogens is 1. The Kier molecular flexibility index (Phi) is 12.9. The molecule has 3 aliphatic rings. The van der Waals surface area contributed by atoms with E-state index in [0.29, 0.717) is 49.7 Å². The number of halogens is 3. The highest BCUT2D eigenvalue weighted by atomic mass is 35.5. The number of nitrogens with zero attached hydrogens (tertiary/aromatic N) is 1. The van der Waals surface area contributed by atoms with Crippen molar-refractivity contribution < 1.29 is 43.4 Å². The standard InChI is InChI=1S/C38H38Cl2FN3O6.H2O/c1-47-32-11-8-26(17-34(32)48-2)33(18-29-30(39)20-42-21-31(29)40)49-37(45)27-5-3-4-23(16-27)19-43-36(25-6-9-28(41)10-7-25)38(46)50-35-22-44-14-12-24(35)13-15-44;/h3-11,16-17,20-21,24,33,35-36,43H,12-15,18-19,22H2,1-2H3;1H2/t33?,35-,36?;/m0./s1. The van der Waals surface area contributed by atoms with Gasteiger partial charge in [-0.1, -0.05) is 53.5 Å². The number of aromatic amines is 1. The van der Waals surface area contributed by atoms with E-state index in [4.69, 9.17) is 42.1 Å². The number of hydrogen-bond acceptors (Lipinski definition) is 9. The van der Waals surface area contributed by atoms with Crippen molar-refractivity contribution in [3.63, 3.8) is 0 Å². The third-order valence-corrected chi connectivity index (χ3v) is 10.1. The second kappa shape index (κ2) is 17.3. The molecule has 3 fully saturated rings. The number of nitrogens with one attached hydrogen (secondary N) is 2. The summed E-state index contributed by atoms with van der Waals surface area (Å²) in [7, 11) is 3.07. The maximum absolute atomic E-state index is 13.8. The van der Waals surface area contributed by atoms with E-state index in [-0.39, 0.29) is 24.5 Å². The predicted octanol–water partition coefficient (Wildman–Crippen LogP) is 6.40. The molecular weight excluding hydrogens is 700 g/mol. The van der Waals surface area contributed by atoms with Crippen LogP contribution in [0.2, 0.25) is 10.0 Å². The van der Waals surface area contributed by atoms with Crippen LogP contribution in [0, 0.1) is 11.7 Å². The topological polar surface area (TPSA) is 130 Å². The van der Waals surface area contributed by atoms with E-state index in [9.17, 15) is 14.0 Å². The first-order valence-electron chi connectivity index (χ1n) is 16.5. The van der Waals surface area contributed by atoms with Gasteiger partial charge in [0.25, 0.3) is 0 Å². The average Bonchev–Trinajstić information content (AvgIpc) is 3.13. The van der Waals surface area contributed by atoms with Crippen LogP contribution in [0.25, 0.3) is 0 Å². The number of piperidine rings is 3. The maximum Gasteiger partial charge on any atom is 0.338 e. The Bertz CT molecular complexity index is 1800. The summed E-state index contributed by atoms with van der Waals surface area (Å²) in [6.45, 7) is 3.00. The highest BCUT2D eigenvalue weighted by molar-refractivity contribution is 6.35. The number of benzene rings is 3. The van der Waals surface area contributed by atoms with Gasteiger partial charge in [-0.3, -0.25) is 10.2 Å². The first kappa shape index (κ1) is 38.0. The molecule has 3 atom stereocenters. The zero-order valence-electron chi connectivity index (χ0n) is 28.2. The van der Waals surface area contributed by atoms with Crippen molar-refractivity contribution in [2.45, 2.75) is 44.1 Å². The van der Waals surface area contributed by atoms with Crippen LogP contribution in [0.3, 0.4) is 0 Å². The largest absolute Gasteiger partial charge is 0.870 e. The molecule has 7 rings (SSSR count). The molecule has 4 aromatic rings. The number of esters is 2. The number of carbonyl (C=O) groups excluding carboxylic acids is 2. The van der Waals surface area contributed by atoms with Crippen LogP contribution in [0.5, 0.6) is 11.5 Å². The van der Waals surface area contributed by atoms with Crippen molar-refractivity contribution in [3.05, 3.63) is 123 Å². The van der Waals surface area contributed by atoms with Crippen molar-refractivity contribution >= 4 is 35.1 Å². The molecule has 2 unspecified atom stereocenters. The summed E-state index contributed by atoms with van der Waals surface area (Å²) in [4.78, 5) is 32.5. The lowest BCUT2D eigenvalue weighted by molar-refractivity contribution is -0.377. The fourth-order valence-corrected chi connectivity index (χ4v) is 7.15. The highest BCUT2D eigenvalue weighted by Crippen LogP contribution is 2.36. The van der Waals surface area contributed by atoms with Gasteiger partial charge < -0.3 is 24.4 Å². The molecular formula is C38H40Cl2FN3O7. The second-order valence-electron chi connectivity index (χ2n) is 12.5. The average molecular weight is 741 g/mol. The van der Waals surface area contributed by atoms with Gasteiger partial charge >= 0.3 is 11.9 Å². The molecule has 0 spiro atoms. The van der Waals surface area contributed by atoms with Crippen molar-refractivity contribution in [1.29, 1.82) is 0 Å². The summed E-state index contributed by atoms with van der Waals surface area (Å²) < 4.78 is 36.9. The van der Waals surface area contributed by atoms with Crippen LogP contribution in [0.15, 0.2) is 79.1 Å². The van der Waals surface area contributed by atoms with Crippen molar-refractivity contribution in [2.24, 2.45) is 5.92 Å². The van der Waals surface area contributed by atoms with E-state index in [1.165, 1.54) is 19.2 Å². The second-order valence-corrected chi connectivity index (χ2v) is 13.3. The lowest BCUT2D eigenvalue weighted by Gasteiger charge is -2.44. The molecule has 2 bridgehead atoms. The molecule has 3 aliphatic heterocycles. The van der Waals surface area contributed by atoms with Crippen LogP contribution in [0.4, 0.5) is 4.39 Å². The highest BCUT2D eigenvalue weighted by Gasteiger charge is 2.38. The van der Waals surface area contributed by atoms with Gasteiger partial charge in [0.1, 0.15) is 34.1 Å². The van der Waals surface area contributed by atoms with E-state index >= 15 is 0 Å². The Morgan fingerprint density at radius 3 is 2.27 bits per heavy atom. The molecule has 0 saturated carbocycles. The lowest BCUT2D eigenvalue weighted by Crippen LogP contribution is -2.52. The van der Waals surface area contributed by atoms with Gasteiger partial charge in [-0.15, -0.1) is 0 Å². The Balaban J connectivity index is 0.00000504. The van der Waals surface area contributed by atoms with Gasteiger partial charge in [0.05, 0.1) is 19.8 Å². The van der Waals surface area contributed by atoms with E-state index in [0.717, 1.165) is 38.0 Å². The van der Waals surface area contributed by atoms with Gasteiger partial charge in [0.15, 0.2) is 23.9 Å². The number of rotatable bonds is 13. The Morgan fingerprint density at radius 2 is 1.63 bits per heavy atom. The number of pyridine rings is 1. The van der Waals surface area contributed by atoms with Gasteiger partial charge in [-0.05, 0) is 84.9 Å². The third kappa shape index (κ3) is 9.16. The number of hydrogen-bond donors (Lipinski definition) is 1. The van der Waals surface area contributed by atoms with E-state index in [2.05, 4.69) is 15.2 Å². The molecule has 0 radical (unpaired) electrons. The zero-order valence-corrected chi connectivity index (χ0v) is 29.8. The van der Waals surface area contributed by atoms with Crippen LogP contribution in [-0.4, -0.2) is 62.3 Å². The first-order chi connectivity index (χ1) is 24.2. The lowest BCUT2D eigenvalue weighted by atomic mass is 9.86. The van der Waals surface area contributed by atoms with Gasteiger partial charge in [-0.25, -0.2) is 19.0 Å². The summed E-state index contributed by atoms with van der Waals surface area (Å²) in [5, 5.41) is 4.08. The van der Waals surface area contributed by atoms with Crippen LogP contribution in [-0.2, 0) is 27.2 Å². The number of aromatic nitrogens is 1. The number of methoxy groups -OCH3 is 2. The van der Waals surface area contributed by atoms with Crippen LogP contribution in [0.1, 0.15) is 57.6 Å². The zero-order chi connectivity index (χ0) is 35.2. The Labute approximate surface area is 306 Å². The molecule has 51 heavy (non-hydrogen) atoms. The fourth-order valence-electron chi connectivity index (χ4n) is 6.62. The van der Waals surface area contributed by atoms with Crippen molar-refractivity contribution in [2.75, 3.05) is 33.9 Å². The van der Waals surface area contributed by atoms with Gasteiger partial charge in [-0.2, -0.15) is 0 Å².